The zero-order valence-corrected chi connectivity index (χ0v) is 14.3. The number of benzene rings is 2. The molecule has 0 aliphatic heterocycles. The standard InChI is InChI=1S/C20H10F3NO2S/c21-16-4-10(25)3-13-12(16)5-14(11-1-2-17(26)20(23)19(11)22)18(13)15-8-27-7-9(15)6-24/h1-5,7-8,18,25-26H. The molecule has 0 fully saturated rings. The van der Waals surface area contributed by atoms with Gasteiger partial charge in [-0.1, -0.05) is 0 Å². The normalized spacial score (nSPS) is 15.3. The molecule has 1 atom stereocenters. The highest BCUT2D eigenvalue weighted by Gasteiger charge is 2.34. The van der Waals surface area contributed by atoms with Crippen LogP contribution in [0.3, 0.4) is 0 Å². The van der Waals surface area contributed by atoms with Gasteiger partial charge in [0.1, 0.15) is 17.6 Å². The zero-order valence-electron chi connectivity index (χ0n) is 13.5. The van der Waals surface area contributed by atoms with E-state index in [4.69, 9.17) is 0 Å². The number of rotatable bonds is 2. The summed E-state index contributed by atoms with van der Waals surface area (Å²) in [6.07, 6.45) is 1.38. The highest BCUT2D eigenvalue weighted by Crippen LogP contribution is 2.50. The zero-order chi connectivity index (χ0) is 19.3. The van der Waals surface area contributed by atoms with E-state index in [0.717, 1.165) is 12.1 Å². The second-order valence-electron chi connectivity index (χ2n) is 6.08. The van der Waals surface area contributed by atoms with Gasteiger partial charge in [-0.05, 0) is 46.4 Å². The van der Waals surface area contributed by atoms with Gasteiger partial charge in [-0.2, -0.15) is 21.0 Å². The molecule has 0 bridgehead atoms. The van der Waals surface area contributed by atoms with Gasteiger partial charge in [0.15, 0.2) is 11.6 Å². The van der Waals surface area contributed by atoms with Crippen LogP contribution in [0.2, 0.25) is 0 Å². The first-order chi connectivity index (χ1) is 12.9. The molecule has 0 spiro atoms. The number of allylic oxidation sites excluding steroid dienone is 1. The first kappa shape index (κ1) is 17.2. The van der Waals surface area contributed by atoms with Crippen LogP contribution in [0.25, 0.3) is 11.6 Å². The van der Waals surface area contributed by atoms with Gasteiger partial charge in [-0.3, -0.25) is 0 Å². The van der Waals surface area contributed by atoms with Crippen molar-refractivity contribution in [3.63, 3.8) is 0 Å². The molecule has 7 heteroatoms. The van der Waals surface area contributed by atoms with Crippen LogP contribution in [0.5, 0.6) is 11.5 Å². The van der Waals surface area contributed by atoms with Crippen molar-refractivity contribution in [2.45, 2.75) is 5.92 Å². The van der Waals surface area contributed by atoms with E-state index in [0.29, 0.717) is 16.7 Å². The minimum Gasteiger partial charge on any atom is -0.508 e. The Balaban J connectivity index is 2.01. The van der Waals surface area contributed by atoms with E-state index in [1.807, 2.05) is 6.07 Å². The van der Waals surface area contributed by atoms with Crippen molar-refractivity contribution in [3.8, 4) is 17.6 Å². The third kappa shape index (κ3) is 2.57. The van der Waals surface area contributed by atoms with Crippen molar-refractivity contribution in [1.82, 2.24) is 0 Å². The van der Waals surface area contributed by atoms with Crippen molar-refractivity contribution in [1.29, 1.82) is 5.26 Å². The molecule has 3 aromatic rings. The minimum absolute atomic E-state index is 0.135. The molecule has 1 aliphatic carbocycles. The van der Waals surface area contributed by atoms with Crippen LogP contribution in [0, 0.1) is 28.8 Å². The molecule has 2 aromatic carbocycles. The summed E-state index contributed by atoms with van der Waals surface area (Å²) in [5.41, 5.74) is 1.40. The molecule has 1 unspecified atom stereocenters. The summed E-state index contributed by atoms with van der Waals surface area (Å²) in [7, 11) is 0. The van der Waals surface area contributed by atoms with E-state index >= 15 is 0 Å². The molecule has 27 heavy (non-hydrogen) atoms. The fraction of sp³-hybridized carbons (Fsp3) is 0.0500. The molecule has 4 rings (SSSR count). The lowest BCUT2D eigenvalue weighted by atomic mass is 9.84. The van der Waals surface area contributed by atoms with Gasteiger partial charge in [0.2, 0.25) is 5.82 Å². The minimum atomic E-state index is -1.41. The van der Waals surface area contributed by atoms with Gasteiger partial charge in [-0.15, -0.1) is 0 Å². The lowest BCUT2D eigenvalue weighted by Crippen LogP contribution is -2.04. The topological polar surface area (TPSA) is 64.2 Å². The van der Waals surface area contributed by atoms with Gasteiger partial charge in [0, 0.05) is 28.5 Å². The fourth-order valence-corrected chi connectivity index (χ4v) is 4.18. The molecule has 1 heterocycles. The van der Waals surface area contributed by atoms with Gasteiger partial charge in [0.25, 0.3) is 0 Å². The Morgan fingerprint density at radius 1 is 1.00 bits per heavy atom. The van der Waals surface area contributed by atoms with E-state index in [-0.39, 0.29) is 22.4 Å². The largest absolute Gasteiger partial charge is 0.508 e. The second-order valence-corrected chi connectivity index (χ2v) is 6.82. The van der Waals surface area contributed by atoms with Crippen LogP contribution in [0.15, 0.2) is 35.0 Å². The molecule has 0 saturated carbocycles. The quantitative estimate of drug-likeness (QED) is 0.642. The number of hydrogen-bond acceptors (Lipinski definition) is 4. The third-order valence-corrected chi connectivity index (χ3v) is 5.33. The van der Waals surface area contributed by atoms with Gasteiger partial charge in [0.05, 0.1) is 5.56 Å². The van der Waals surface area contributed by atoms with Crippen molar-refractivity contribution in [2.24, 2.45) is 0 Å². The van der Waals surface area contributed by atoms with Crippen molar-refractivity contribution >= 4 is 23.0 Å². The van der Waals surface area contributed by atoms with Crippen molar-refractivity contribution in [2.75, 3.05) is 0 Å². The van der Waals surface area contributed by atoms with Crippen LogP contribution in [0.1, 0.15) is 33.7 Å². The van der Waals surface area contributed by atoms with E-state index in [2.05, 4.69) is 0 Å². The first-order valence-corrected chi connectivity index (χ1v) is 8.74. The summed E-state index contributed by atoms with van der Waals surface area (Å²) < 4.78 is 42.9. The summed E-state index contributed by atoms with van der Waals surface area (Å²) in [6, 6.07) is 6.54. The Labute approximate surface area is 155 Å². The van der Waals surface area contributed by atoms with E-state index in [1.165, 1.54) is 29.5 Å². The smallest absolute Gasteiger partial charge is 0.200 e. The SMILES string of the molecule is N#Cc1cscc1C1C(c2ccc(O)c(F)c2F)=Cc2c(F)cc(O)cc21. The molecule has 0 saturated heterocycles. The summed E-state index contributed by atoms with van der Waals surface area (Å²) in [5.74, 6) is -5.29. The Kier molecular flexibility index (Phi) is 3.93. The lowest BCUT2D eigenvalue weighted by molar-refractivity contribution is 0.406. The summed E-state index contributed by atoms with van der Waals surface area (Å²) >= 11 is 1.25. The molecule has 1 aliphatic rings. The maximum atomic E-state index is 14.5. The molecule has 1 aromatic heterocycles. The Hall–Kier alpha value is -3.24. The van der Waals surface area contributed by atoms with Crippen LogP contribution < -0.4 is 0 Å². The third-order valence-electron chi connectivity index (χ3n) is 4.56. The lowest BCUT2D eigenvalue weighted by Gasteiger charge is -2.18. The molecule has 2 N–H and O–H groups in total. The summed E-state index contributed by atoms with van der Waals surface area (Å²) in [4.78, 5) is 0. The van der Waals surface area contributed by atoms with Crippen LogP contribution in [-0.2, 0) is 0 Å². The number of fused-ring (bicyclic) bond motifs is 1. The average Bonchev–Trinajstić information content (AvgIpc) is 3.23. The number of hydrogen-bond donors (Lipinski definition) is 2. The number of thiophene rings is 1. The van der Waals surface area contributed by atoms with E-state index < -0.39 is 29.1 Å². The number of nitrogens with zero attached hydrogens (tertiary/aromatic N) is 1. The maximum absolute atomic E-state index is 14.5. The Morgan fingerprint density at radius 3 is 2.52 bits per heavy atom. The molecule has 0 amide bonds. The number of halogens is 3. The highest BCUT2D eigenvalue weighted by atomic mass is 32.1. The van der Waals surface area contributed by atoms with Gasteiger partial charge >= 0.3 is 0 Å². The Bertz CT molecular complexity index is 1160. The molecule has 3 nitrogen and oxygen atoms in total. The maximum Gasteiger partial charge on any atom is 0.200 e. The van der Waals surface area contributed by atoms with Crippen LogP contribution in [0.4, 0.5) is 13.2 Å². The monoisotopic (exact) mass is 385 g/mol. The highest BCUT2D eigenvalue weighted by molar-refractivity contribution is 7.08. The molecule has 0 radical (unpaired) electrons. The summed E-state index contributed by atoms with van der Waals surface area (Å²) in [6.45, 7) is 0. The number of nitriles is 1. The van der Waals surface area contributed by atoms with Crippen molar-refractivity contribution in [3.05, 3.63) is 80.3 Å². The summed E-state index contributed by atoms with van der Waals surface area (Å²) in [5, 5.41) is 31.9. The van der Waals surface area contributed by atoms with Crippen LogP contribution in [-0.4, -0.2) is 10.2 Å². The fourth-order valence-electron chi connectivity index (χ4n) is 3.37. The van der Waals surface area contributed by atoms with Gasteiger partial charge in [-0.25, -0.2) is 8.78 Å². The van der Waals surface area contributed by atoms with Crippen LogP contribution >= 0.6 is 11.3 Å². The molecule has 134 valence electrons. The second kappa shape index (κ2) is 6.18. The van der Waals surface area contributed by atoms with Gasteiger partial charge < -0.3 is 10.2 Å². The predicted octanol–water partition coefficient (Wildman–Crippen LogP) is 5.13. The van der Waals surface area contributed by atoms with E-state index in [1.54, 1.807) is 10.8 Å². The van der Waals surface area contributed by atoms with Crippen molar-refractivity contribution < 1.29 is 23.4 Å². The molecular formula is C20H10F3NO2S. The molecular weight excluding hydrogens is 375 g/mol. The predicted molar refractivity (Wildman–Crippen MR) is 94.8 cm³/mol. The number of phenolic OH excluding ortho intramolecular Hbond substituents is 2. The first-order valence-electron chi connectivity index (χ1n) is 7.80. The van der Waals surface area contributed by atoms with E-state index in [9.17, 15) is 28.6 Å². The number of phenols is 2. The number of aromatic hydroxyl groups is 2. The average molecular weight is 385 g/mol. The Morgan fingerprint density at radius 2 is 1.78 bits per heavy atom.